The number of benzene rings is 1. The van der Waals surface area contributed by atoms with Crippen molar-refractivity contribution in [2.24, 2.45) is 0 Å². The second kappa shape index (κ2) is 5.80. The minimum atomic E-state index is -4.00. The van der Waals surface area contributed by atoms with Gasteiger partial charge >= 0.3 is 16.3 Å². The highest BCUT2D eigenvalue weighted by Gasteiger charge is 2.29. The Kier molecular flexibility index (Phi) is 4.29. The van der Waals surface area contributed by atoms with E-state index in [1.807, 2.05) is 4.72 Å². The number of nitrogen functional groups attached to an aromatic ring is 1. The number of carbonyl (C=O) groups excluding carboxylic acids is 1. The molecule has 1 amide bonds. The molecule has 110 valence electrons. The van der Waals surface area contributed by atoms with Crippen molar-refractivity contribution in [1.29, 1.82) is 0 Å². The van der Waals surface area contributed by atoms with E-state index in [2.05, 4.69) is 4.74 Å². The van der Waals surface area contributed by atoms with E-state index in [1.165, 1.54) is 0 Å². The molecule has 0 atom stereocenters. The van der Waals surface area contributed by atoms with Gasteiger partial charge in [-0.25, -0.2) is 9.52 Å². The summed E-state index contributed by atoms with van der Waals surface area (Å²) < 4.78 is 32.0. The van der Waals surface area contributed by atoms with Gasteiger partial charge in [-0.1, -0.05) is 0 Å². The number of nitrogens with zero attached hydrogens (tertiary/aromatic N) is 1. The fourth-order valence-corrected chi connectivity index (χ4v) is 4.05. The van der Waals surface area contributed by atoms with E-state index in [1.54, 1.807) is 36.9 Å². The molecule has 0 saturated heterocycles. The lowest BCUT2D eigenvalue weighted by molar-refractivity contribution is 0.158. The van der Waals surface area contributed by atoms with Crippen molar-refractivity contribution in [1.82, 2.24) is 4.72 Å². The molecule has 0 radical (unpaired) electrons. The molecule has 7 nitrogen and oxygen atoms in total. The zero-order valence-corrected chi connectivity index (χ0v) is 12.5. The second-order valence-corrected chi connectivity index (χ2v) is 6.71. The molecule has 0 aromatic heterocycles. The Morgan fingerprint density at radius 2 is 2.30 bits per heavy atom. The summed E-state index contributed by atoms with van der Waals surface area (Å²) in [6.45, 7) is 1.95. The van der Waals surface area contributed by atoms with Crippen LogP contribution in [0.15, 0.2) is 23.1 Å². The minimum Gasteiger partial charge on any atom is -0.449 e. The fraction of sp³-hybridized carbons (Fsp3) is 0.364. The van der Waals surface area contributed by atoms with Crippen molar-refractivity contribution in [2.45, 2.75) is 11.8 Å². The largest absolute Gasteiger partial charge is 0.449 e. The molecule has 20 heavy (non-hydrogen) atoms. The molecule has 0 unspecified atom stereocenters. The molecule has 1 heterocycles. The third kappa shape index (κ3) is 3.10. The van der Waals surface area contributed by atoms with Crippen LogP contribution < -0.4 is 14.8 Å². The number of fused-ring (bicyclic) bond motifs is 1. The average molecular weight is 317 g/mol. The van der Waals surface area contributed by atoms with Gasteiger partial charge in [0.05, 0.1) is 12.3 Å². The number of anilines is 2. The Bertz CT molecular complexity index is 618. The van der Waals surface area contributed by atoms with E-state index in [4.69, 9.17) is 5.73 Å². The average Bonchev–Trinajstić information content (AvgIpc) is 2.37. The van der Waals surface area contributed by atoms with E-state index in [0.717, 1.165) is 9.20 Å². The van der Waals surface area contributed by atoms with Crippen LogP contribution in [-0.2, 0) is 14.9 Å². The molecular formula is C11H15N3O4S2. The maximum absolute atomic E-state index is 12.2. The lowest BCUT2D eigenvalue weighted by Gasteiger charge is -2.29. The second-order valence-electron chi connectivity index (χ2n) is 3.98. The molecule has 1 aromatic rings. The van der Waals surface area contributed by atoms with Gasteiger partial charge in [0, 0.05) is 22.9 Å². The molecule has 1 aliphatic heterocycles. The number of rotatable bonds is 3. The maximum atomic E-state index is 12.2. The molecule has 1 aromatic carbocycles. The highest BCUT2D eigenvalue weighted by Crippen LogP contribution is 2.37. The smallest absolute Gasteiger partial charge is 0.422 e. The first-order valence-corrected chi connectivity index (χ1v) is 8.36. The van der Waals surface area contributed by atoms with Crippen molar-refractivity contribution >= 4 is 39.4 Å². The summed E-state index contributed by atoms with van der Waals surface area (Å²) in [6, 6.07) is 5.05. The number of ether oxygens (including phenoxy) is 1. The number of nitrogens with one attached hydrogen (secondary N) is 1. The third-order valence-corrected chi connectivity index (χ3v) is 5.01. The molecule has 1 aliphatic rings. The Morgan fingerprint density at radius 3 is 3.00 bits per heavy atom. The van der Waals surface area contributed by atoms with Crippen molar-refractivity contribution < 1.29 is 17.9 Å². The molecule has 3 N–H and O–H groups in total. The van der Waals surface area contributed by atoms with E-state index < -0.39 is 16.3 Å². The highest BCUT2D eigenvalue weighted by molar-refractivity contribution is 8.00. The Balaban J connectivity index is 2.30. The van der Waals surface area contributed by atoms with Crippen LogP contribution in [0.1, 0.15) is 6.92 Å². The quantitative estimate of drug-likeness (QED) is 0.812. The predicted octanol–water partition coefficient (Wildman–Crippen LogP) is 1.17. The van der Waals surface area contributed by atoms with Gasteiger partial charge in [-0.3, -0.25) is 4.31 Å². The molecular weight excluding hydrogens is 302 g/mol. The summed E-state index contributed by atoms with van der Waals surface area (Å²) in [5.41, 5.74) is 6.62. The molecule has 0 bridgehead atoms. The Hall–Kier alpha value is -1.61. The van der Waals surface area contributed by atoms with Crippen LogP contribution >= 0.6 is 11.8 Å². The Labute approximate surface area is 121 Å². The Morgan fingerprint density at radius 1 is 1.55 bits per heavy atom. The zero-order valence-electron chi connectivity index (χ0n) is 10.8. The summed E-state index contributed by atoms with van der Waals surface area (Å²) in [5, 5.41) is 0. The SMILES string of the molecule is CCOC(=O)NS(=O)(=O)N1CCSc2ccc(N)cc21. The number of thioether (sulfide) groups is 1. The first-order chi connectivity index (χ1) is 9.44. The van der Waals surface area contributed by atoms with Crippen LogP contribution in [0, 0.1) is 0 Å². The van der Waals surface area contributed by atoms with Gasteiger partial charge in [0.2, 0.25) is 0 Å². The lowest BCUT2D eigenvalue weighted by Crippen LogP contribution is -2.46. The summed E-state index contributed by atoms with van der Waals surface area (Å²) >= 11 is 1.54. The summed E-state index contributed by atoms with van der Waals surface area (Å²) in [5.74, 6) is 0.598. The lowest BCUT2D eigenvalue weighted by atomic mass is 10.3. The van der Waals surface area contributed by atoms with Gasteiger partial charge in [-0.15, -0.1) is 11.8 Å². The van der Waals surface area contributed by atoms with Crippen molar-refractivity contribution in [2.75, 3.05) is 28.9 Å². The normalized spacial score (nSPS) is 14.6. The number of nitrogens with two attached hydrogens (primary N) is 1. The van der Waals surface area contributed by atoms with Crippen LogP contribution in [0.4, 0.5) is 16.2 Å². The summed E-state index contributed by atoms with van der Waals surface area (Å²) in [4.78, 5) is 12.1. The standard InChI is InChI=1S/C11H15N3O4S2/c1-2-18-11(15)13-20(16,17)14-5-6-19-10-4-3-8(12)7-9(10)14/h3-4,7H,2,5-6,12H2,1H3,(H,13,15). The minimum absolute atomic E-state index is 0.0980. The van der Waals surface area contributed by atoms with Crippen LogP contribution in [0.5, 0.6) is 0 Å². The van der Waals surface area contributed by atoms with E-state index in [0.29, 0.717) is 17.1 Å². The zero-order chi connectivity index (χ0) is 14.8. The van der Waals surface area contributed by atoms with Crippen molar-refractivity contribution in [3.8, 4) is 0 Å². The molecule has 0 aliphatic carbocycles. The first-order valence-electron chi connectivity index (χ1n) is 5.93. The van der Waals surface area contributed by atoms with Gasteiger partial charge in [-0.2, -0.15) is 8.42 Å². The van der Waals surface area contributed by atoms with Gasteiger partial charge in [0.25, 0.3) is 0 Å². The van der Waals surface area contributed by atoms with Crippen LogP contribution in [-0.4, -0.2) is 33.4 Å². The van der Waals surface area contributed by atoms with Gasteiger partial charge < -0.3 is 10.5 Å². The molecule has 9 heteroatoms. The van der Waals surface area contributed by atoms with E-state index in [-0.39, 0.29) is 13.2 Å². The highest BCUT2D eigenvalue weighted by atomic mass is 32.2. The monoisotopic (exact) mass is 317 g/mol. The van der Waals surface area contributed by atoms with Gasteiger partial charge in [-0.05, 0) is 25.1 Å². The van der Waals surface area contributed by atoms with Crippen molar-refractivity contribution in [3.05, 3.63) is 18.2 Å². The number of amides is 1. The number of carbonyl (C=O) groups is 1. The van der Waals surface area contributed by atoms with Crippen LogP contribution in [0.25, 0.3) is 0 Å². The first kappa shape index (κ1) is 14.8. The molecule has 0 spiro atoms. The molecule has 0 fully saturated rings. The van der Waals surface area contributed by atoms with Crippen LogP contribution in [0.3, 0.4) is 0 Å². The van der Waals surface area contributed by atoms with Gasteiger partial charge in [0.15, 0.2) is 0 Å². The van der Waals surface area contributed by atoms with Gasteiger partial charge in [0.1, 0.15) is 0 Å². The summed E-state index contributed by atoms with van der Waals surface area (Å²) in [6.07, 6.45) is -0.990. The van der Waals surface area contributed by atoms with Crippen molar-refractivity contribution in [3.63, 3.8) is 0 Å². The fourth-order valence-electron chi connectivity index (χ4n) is 1.78. The topological polar surface area (TPSA) is 102 Å². The molecule has 2 rings (SSSR count). The number of hydrogen-bond acceptors (Lipinski definition) is 6. The van der Waals surface area contributed by atoms with E-state index >= 15 is 0 Å². The van der Waals surface area contributed by atoms with Crippen LogP contribution in [0.2, 0.25) is 0 Å². The number of hydrogen-bond donors (Lipinski definition) is 2. The van der Waals surface area contributed by atoms with E-state index in [9.17, 15) is 13.2 Å². The predicted molar refractivity (Wildman–Crippen MR) is 78.0 cm³/mol. The molecule has 0 saturated carbocycles. The maximum Gasteiger partial charge on any atom is 0.422 e. The third-order valence-electron chi connectivity index (χ3n) is 2.58. The summed E-state index contributed by atoms with van der Waals surface area (Å²) in [7, 11) is -4.00.